The summed E-state index contributed by atoms with van der Waals surface area (Å²) in [4.78, 5) is -0.394. The van der Waals surface area contributed by atoms with Crippen LogP contribution in [0.15, 0.2) is 47.4 Å². The van der Waals surface area contributed by atoms with Crippen LogP contribution in [0, 0.1) is 11.6 Å². The summed E-state index contributed by atoms with van der Waals surface area (Å²) in [6.45, 7) is 0. The summed E-state index contributed by atoms with van der Waals surface area (Å²) in [5.41, 5.74) is -1.18. The third-order valence-corrected chi connectivity index (χ3v) is 4.81. The number of benzene rings is 2. The van der Waals surface area contributed by atoms with Gasteiger partial charge >= 0.3 is 0 Å². The molecule has 0 bridgehead atoms. The highest BCUT2D eigenvalue weighted by Gasteiger charge is 2.23. The molecule has 148 valence electrons. The molecular formula is C17H13F4N3O3S. The summed E-state index contributed by atoms with van der Waals surface area (Å²) in [6, 6.07) is 7.90. The molecule has 0 radical (unpaired) electrons. The van der Waals surface area contributed by atoms with Crippen LogP contribution in [-0.2, 0) is 10.0 Å². The highest BCUT2D eigenvalue weighted by atomic mass is 32.2. The number of halogens is 4. The fourth-order valence-corrected chi connectivity index (χ4v) is 3.39. The van der Waals surface area contributed by atoms with E-state index in [-0.39, 0.29) is 16.9 Å². The molecule has 0 aliphatic rings. The summed E-state index contributed by atoms with van der Waals surface area (Å²) in [7, 11) is -3.16. The molecule has 3 rings (SSSR count). The Morgan fingerprint density at radius 2 is 1.71 bits per heavy atom. The van der Waals surface area contributed by atoms with Crippen molar-refractivity contribution in [2.45, 2.75) is 11.3 Å². The lowest BCUT2D eigenvalue weighted by atomic mass is 10.1. The maximum atomic E-state index is 14.1. The quantitative estimate of drug-likeness (QED) is 0.647. The summed E-state index contributed by atoms with van der Waals surface area (Å²) >= 11 is 0. The van der Waals surface area contributed by atoms with Crippen molar-refractivity contribution in [3.63, 3.8) is 0 Å². The van der Waals surface area contributed by atoms with E-state index in [4.69, 9.17) is 5.14 Å². The number of rotatable bonds is 5. The minimum absolute atomic E-state index is 0.150. The van der Waals surface area contributed by atoms with E-state index in [9.17, 15) is 26.0 Å². The standard InChI is InChI=1S/C17H13F4N3O3S/c1-27-16-10(18)6-9(7-11(16)19)14-8-12(17(20)21)23-24(14)13-4-2-3-5-15(13)28(22,25)26/h2-8,17H,1H3,(H2,22,25,26). The van der Waals surface area contributed by atoms with Gasteiger partial charge in [0.05, 0.1) is 18.5 Å². The molecule has 0 saturated heterocycles. The highest BCUT2D eigenvalue weighted by Crippen LogP contribution is 2.33. The number of sulfonamides is 1. The first-order valence-corrected chi connectivity index (χ1v) is 9.22. The molecule has 0 saturated carbocycles. The molecule has 0 aliphatic heterocycles. The van der Waals surface area contributed by atoms with Crippen LogP contribution in [0.5, 0.6) is 5.75 Å². The van der Waals surface area contributed by atoms with Gasteiger partial charge in [-0.15, -0.1) is 0 Å². The average molecular weight is 415 g/mol. The Morgan fingerprint density at radius 1 is 1.11 bits per heavy atom. The fourth-order valence-electron chi connectivity index (χ4n) is 2.67. The van der Waals surface area contributed by atoms with Gasteiger partial charge in [-0.2, -0.15) is 5.10 Å². The lowest BCUT2D eigenvalue weighted by molar-refractivity contribution is 0.145. The maximum Gasteiger partial charge on any atom is 0.282 e. The fraction of sp³-hybridized carbons (Fsp3) is 0.118. The SMILES string of the molecule is COc1c(F)cc(-c2cc(C(F)F)nn2-c2ccccc2S(N)(=O)=O)cc1F. The van der Waals surface area contributed by atoms with E-state index in [0.29, 0.717) is 0 Å². The van der Waals surface area contributed by atoms with Crippen LogP contribution < -0.4 is 9.88 Å². The third-order valence-electron chi connectivity index (χ3n) is 3.85. The van der Waals surface area contributed by atoms with Crippen molar-refractivity contribution in [3.8, 4) is 22.7 Å². The molecular weight excluding hydrogens is 402 g/mol. The molecule has 0 fully saturated rings. The normalized spacial score (nSPS) is 11.8. The Labute approximate surface area is 157 Å². The van der Waals surface area contributed by atoms with Crippen LogP contribution in [0.2, 0.25) is 0 Å². The molecule has 2 N–H and O–H groups in total. The molecule has 11 heteroatoms. The van der Waals surface area contributed by atoms with Crippen LogP contribution in [0.25, 0.3) is 16.9 Å². The van der Waals surface area contributed by atoms with Crippen molar-refractivity contribution >= 4 is 10.0 Å². The predicted octanol–water partition coefficient (Wildman–Crippen LogP) is 3.41. The second-order valence-electron chi connectivity index (χ2n) is 5.65. The van der Waals surface area contributed by atoms with E-state index in [0.717, 1.165) is 36.1 Å². The van der Waals surface area contributed by atoms with E-state index in [1.165, 1.54) is 18.2 Å². The number of nitrogens with zero attached hydrogens (tertiary/aromatic N) is 2. The van der Waals surface area contributed by atoms with E-state index in [1.54, 1.807) is 0 Å². The topological polar surface area (TPSA) is 87.2 Å². The number of nitrogens with two attached hydrogens (primary N) is 1. The number of methoxy groups -OCH3 is 1. The number of hydrogen-bond donors (Lipinski definition) is 1. The second-order valence-corrected chi connectivity index (χ2v) is 7.18. The molecule has 0 aliphatic carbocycles. The van der Waals surface area contributed by atoms with Crippen LogP contribution in [0.4, 0.5) is 17.6 Å². The predicted molar refractivity (Wildman–Crippen MR) is 91.8 cm³/mol. The molecule has 0 unspecified atom stereocenters. The zero-order valence-electron chi connectivity index (χ0n) is 14.2. The molecule has 0 amide bonds. The molecule has 1 aromatic heterocycles. The van der Waals surface area contributed by atoms with E-state index >= 15 is 0 Å². The number of hydrogen-bond acceptors (Lipinski definition) is 4. The van der Waals surface area contributed by atoms with E-state index in [2.05, 4.69) is 9.84 Å². The van der Waals surface area contributed by atoms with Gasteiger partial charge in [0, 0.05) is 5.56 Å². The Bertz CT molecular complexity index is 1120. The molecule has 1 heterocycles. The van der Waals surface area contributed by atoms with Crippen molar-refractivity contribution in [2.75, 3.05) is 7.11 Å². The first kappa shape index (κ1) is 19.8. The van der Waals surface area contributed by atoms with Gasteiger partial charge in [0.25, 0.3) is 6.43 Å². The molecule has 3 aromatic rings. The van der Waals surface area contributed by atoms with Crippen molar-refractivity contribution in [3.05, 3.63) is 59.8 Å². The Hall–Kier alpha value is -2.92. The van der Waals surface area contributed by atoms with Gasteiger partial charge in [-0.3, -0.25) is 0 Å². The van der Waals surface area contributed by atoms with Crippen LogP contribution >= 0.6 is 0 Å². The molecule has 2 aromatic carbocycles. The Kier molecular flexibility index (Phi) is 5.13. The van der Waals surface area contributed by atoms with Gasteiger partial charge in [0.1, 0.15) is 10.6 Å². The summed E-state index contributed by atoms with van der Waals surface area (Å²) in [6.07, 6.45) is -3.01. The van der Waals surface area contributed by atoms with E-state index in [1.807, 2.05) is 0 Å². The molecule has 6 nitrogen and oxygen atoms in total. The molecule has 28 heavy (non-hydrogen) atoms. The first-order valence-electron chi connectivity index (χ1n) is 7.67. The third kappa shape index (κ3) is 3.58. The number of para-hydroxylation sites is 1. The number of primary sulfonamides is 1. The van der Waals surface area contributed by atoms with Gasteiger partial charge in [0.2, 0.25) is 10.0 Å². The monoisotopic (exact) mass is 415 g/mol. The van der Waals surface area contributed by atoms with Gasteiger partial charge < -0.3 is 4.74 Å². The average Bonchev–Trinajstić information content (AvgIpc) is 3.06. The van der Waals surface area contributed by atoms with Crippen molar-refractivity contribution in [1.29, 1.82) is 0 Å². The van der Waals surface area contributed by atoms with Crippen molar-refractivity contribution in [2.24, 2.45) is 5.14 Å². The minimum Gasteiger partial charge on any atom is -0.491 e. The maximum absolute atomic E-state index is 14.1. The highest BCUT2D eigenvalue weighted by molar-refractivity contribution is 7.89. The Balaban J connectivity index is 2.32. The first-order chi connectivity index (χ1) is 13.1. The van der Waals surface area contributed by atoms with Gasteiger partial charge in [-0.25, -0.2) is 35.8 Å². The number of alkyl halides is 2. The largest absolute Gasteiger partial charge is 0.491 e. The zero-order chi connectivity index (χ0) is 20.6. The van der Waals surface area contributed by atoms with Crippen molar-refractivity contribution < 1.29 is 30.7 Å². The van der Waals surface area contributed by atoms with Gasteiger partial charge in [-0.05, 0) is 30.3 Å². The van der Waals surface area contributed by atoms with E-state index < -0.39 is 44.4 Å². The van der Waals surface area contributed by atoms with Crippen LogP contribution in [0.1, 0.15) is 12.1 Å². The smallest absolute Gasteiger partial charge is 0.282 e. The lowest BCUT2D eigenvalue weighted by Crippen LogP contribution is -2.16. The van der Waals surface area contributed by atoms with Gasteiger partial charge in [-0.1, -0.05) is 12.1 Å². The number of ether oxygens (including phenoxy) is 1. The number of aromatic nitrogens is 2. The molecule has 0 atom stereocenters. The van der Waals surface area contributed by atoms with Gasteiger partial charge in [0.15, 0.2) is 17.4 Å². The summed E-state index contributed by atoms with van der Waals surface area (Å²) < 4.78 is 83.8. The van der Waals surface area contributed by atoms with Crippen LogP contribution in [-0.4, -0.2) is 25.3 Å². The second kappa shape index (κ2) is 7.24. The lowest BCUT2D eigenvalue weighted by Gasteiger charge is -2.12. The summed E-state index contributed by atoms with van der Waals surface area (Å²) in [5, 5.41) is 8.89. The minimum atomic E-state index is -4.24. The molecule has 0 spiro atoms. The van der Waals surface area contributed by atoms with Crippen molar-refractivity contribution in [1.82, 2.24) is 9.78 Å². The van der Waals surface area contributed by atoms with Crippen LogP contribution in [0.3, 0.4) is 0 Å². The zero-order valence-corrected chi connectivity index (χ0v) is 15.1. The Morgan fingerprint density at radius 3 is 2.25 bits per heavy atom. The summed E-state index contributed by atoms with van der Waals surface area (Å²) in [5.74, 6) is -2.78.